The Kier molecular flexibility index (Phi) is 5.15. The van der Waals surface area contributed by atoms with Gasteiger partial charge in [-0.2, -0.15) is 0 Å². The molecule has 2 heterocycles. The number of likely N-dealkylation sites (tertiary alicyclic amines) is 1. The Hall–Kier alpha value is -1.15. The monoisotopic (exact) mass is 354 g/mol. The molecular formula is C17H26N2O4S. The average Bonchev–Trinajstić information content (AvgIpc) is 3.04. The number of benzene rings is 1. The highest BCUT2D eigenvalue weighted by Gasteiger charge is 2.52. The van der Waals surface area contributed by atoms with Crippen molar-refractivity contribution < 1.29 is 18.3 Å². The molecule has 7 heteroatoms. The van der Waals surface area contributed by atoms with Crippen molar-refractivity contribution in [2.75, 3.05) is 46.2 Å². The number of aliphatic hydroxyl groups excluding tert-OH is 1. The van der Waals surface area contributed by atoms with Gasteiger partial charge < -0.3 is 14.7 Å². The Morgan fingerprint density at radius 2 is 2.12 bits per heavy atom. The highest BCUT2D eigenvalue weighted by Crippen LogP contribution is 2.36. The number of sulfone groups is 1. The lowest BCUT2D eigenvalue weighted by Crippen LogP contribution is -2.37. The van der Waals surface area contributed by atoms with E-state index in [9.17, 15) is 8.42 Å². The third kappa shape index (κ3) is 3.59. The SMILES string of the molecule is CN(C)[C@@H]1CS(=O)(=O)[C@H]2CN(Cc3cccc(OCCO)c3)C[C@@H]12. The summed E-state index contributed by atoms with van der Waals surface area (Å²) in [5.74, 6) is 1.21. The third-order valence-corrected chi connectivity index (χ3v) is 7.30. The number of fused-ring (bicyclic) bond motifs is 1. The van der Waals surface area contributed by atoms with E-state index in [2.05, 4.69) is 9.80 Å². The molecule has 6 nitrogen and oxygen atoms in total. The van der Waals surface area contributed by atoms with Crippen LogP contribution in [0.15, 0.2) is 24.3 Å². The number of hydrogen-bond donors (Lipinski definition) is 1. The highest BCUT2D eigenvalue weighted by atomic mass is 32.2. The predicted molar refractivity (Wildman–Crippen MR) is 92.8 cm³/mol. The van der Waals surface area contributed by atoms with Gasteiger partial charge in [-0.1, -0.05) is 12.1 Å². The molecule has 24 heavy (non-hydrogen) atoms. The van der Waals surface area contributed by atoms with E-state index < -0.39 is 9.84 Å². The van der Waals surface area contributed by atoms with Crippen molar-refractivity contribution in [3.63, 3.8) is 0 Å². The van der Waals surface area contributed by atoms with Crippen molar-refractivity contribution in [1.82, 2.24) is 9.80 Å². The van der Waals surface area contributed by atoms with E-state index in [0.29, 0.717) is 6.54 Å². The minimum Gasteiger partial charge on any atom is -0.491 e. The lowest BCUT2D eigenvalue weighted by Gasteiger charge is -2.25. The van der Waals surface area contributed by atoms with Crippen LogP contribution in [0.3, 0.4) is 0 Å². The minimum absolute atomic E-state index is 0.0104. The lowest BCUT2D eigenvalue weighted by molar-refractivity contribution is 0.201. The van der Waals surface area contributed by atoms with Crippen molar-refractivity contribution in [3.8, 4) is 5.75 Å². The van der Waals surface area contributed by atoms with Crippen molar-refractivity contribution >= 4 is 9.84 Å². The molecule has 0 aliphatic carbocycles. The van der Waals surface area contributed by atoms with Crippen LogP contribution in [0.1, 0.15) is 5.56 Å². The van der Waals surface area contributed by atoms with Crippen LogP contribution in [0.2, 0.25) is 0 Å². The highest BCUT2D eigenvalue weighted by molar-refractivity contribution is 7.92. The molecule has 1 aromatic rings. The van der Waals surface area contributed by atoms with Gasteiger partial charge in [0.1, 0.15) is 12.4 Å². The van der Waals surface area contributed by atoms with Crippen molar-refractivity contribution in [3.05, 3.63) is 29.8 Å². The quantitative estimate of drug-likeness (QED) is 0.788. The normalized spacial score (nSPS) is 29.1. The summed E-state index contributed by atoms with van der Waals surface area (Å²) in [4.78, 5) is 4.28. The Balaban J connectivity index is 1.68. The zero-order chi connectivity index (χ0) is 17.3. The van der Waals surface area contributed by atoms with E-state index in [1.807, 2.05) is 38.4 Å². The topological polar surface area (TPSA) is 70.1 Å². The first-order valence-electron chi connectivity index (χ1n) is 8.33. The summed E-state index contributed by atoms with van der Waals surface area (Å²) in [6.07, 6.45) is 0. The van der Waals surface area contributed by atoms with E-state index in [4.69, 9.17) is 9.84 Å². The van der Waals surface area contributed by atoms with Crippen LogP contribution in [0, 0.1) is 5.92 Å². The van der Waals surface area contributed by atoms with Gasteiger partial charge in [0, 0.05) is 31.6 Å². The third-order valence-electron chi connectivity index (χ3n) is 5.07. The van der Waals surface area contributed by atoms with E-state index in [-0.39, 0.29) is 36.2 Å². The van der Waals surface area contributed by atoms with Crippen LogP contribution in [-0.2, 0) is 16.4 Å². The number of hydrogen-bond acceptors (Lipinski definition) is 6. The van der Waals surface area contributed by atoms with Gasteiger partial charge in [-0.3, -0.25) is 4.90 Å². The Labute approximate surface area is 143 Å². The zero-order valence-corrected chi connectivity index (χ0v) is 15.1. The molecule has 1 N–H and O–H groups in total. The Bertz CT molecular complexity index is 677. The molecule has 2 aliphatic rings. The summed E-state index contributed by atoms with van der Waals surface area (Å²) in [5, 5.41) is 8.61. The molecule has 2 fully saturated rings. The summed E-state index contributed by atoms with van der Waals surface area (Å²) in [7, 11) is 0.932. The molecule has 0 bridgehead atoms. The second kappa shape index (κ2) is 7.00. The molecule has 0 unspecified atom stereocenters. The molecular weight excluding hydrogens is 328 g/mol. The smallest absolute Gasteiger partial charge is 0.156 e. The molecule has 0 saturated carbocycles. The van der Waals surface area contributed by atoms with Crippen LogP contribution in [0.25, 0.3) is 0 Å². The first kappa shape index (κ1) is 17.7. The fourth-order valence-corrected chi connectivity index (χ4v) is 6.44. The van der Waals surface area contributed by atoms with Gasteiger partial charge >= 0.3 is 0 Å². The molecule has 0 aromatic heterocycles. The second-order valence-corrected chi connectivity index (χ2v) is 9.24. The molecule has 0 amide bonds. The Morgan fingerprint density at radius 1 is 1.33 bits per heavy atom. The summed E-state index contributed by atoms with van der Waals surface area (Å²) >= 11 is 0. The van der Waals surface area contributed by atoms with Crippen LogP contribution < -0.4 is 4.74 Å². The maximum absolute atomic E-state index is 12.4. The van der Waals surface area contributed by atoms with Gasteiger partial charge in [0.15, 0.2) is 9.84 Å². The van der Waals surface area contributed by atoms with Crippen molar-refractivity contribution in [1.29, 1.82) is 0 Å². The standard InChI is InChI=1S/C17H26N2O4S/c1-18(2)16-12-24(21,22)17-11-19(10-15(16)17)9-13-4-3-5-14(8-13)23-7-6-20/h3-5,8,15-17,20H,6-7,9-12H2,1-2H3/t15-,16+,17-/m0/s1. The van der Waals surface area contributed by atoms with E-state index in [1.54, 1.807) is 0 Å². The lowest BCUT2D eigenvalue weighted by atomic mass is 10.00. The molecule has 134 valence electrons. The molecule has 1 aromatic carbocycles. The number of aliphatic hydroxyl groups is 1. The molecule has 2 saturated heterocycles. The maximum Gasteiger partial charge on any atom is 0.156 e. The van der Waals surface area contributed by atoms with Crippen LogP contribution in [0.4, 0.5) is 0 Å². The number of rotatable bonds is 6. The van der Waals surface area contributed by atoms with E-state index in [0.717, 1.165) is 24.4 Å². The van der Waals surface area contributed by atoms with Crippen molar-refractivity contribution in [2.24, 2.45) is 5.92 Å². The number of nitrogens with zero attached hydrogens (tertiary/aromatic N) is 2. The summed E-state index contributed by atoms with van der Waals surface area (Å²) in [5.41, 5.74) is 1.10. The van der Waals surface area contributed by atoms with Gasteiger partial charge in [-0.25, -0.2) is 8.42 Å². The van der Waals surface area contributed by atoms with E-state index in [1.165, 1.54) is 0 Å². The predicted octanol–water partition coefficient (Wildman–Crippen LogP) is 0.217. The molecule has 3 rings (SSSR count). The van der Waals surface area contributed by atoms with Crippen LogP contribution >= 0.6 is 0 Å². The van der Waals surface area contributed by atoms with Crippen LogP contribution in [0.5, 0.6) is 5.75 Å². The van der Waals surface area contributed by atoms with Gasteiger partial charge in [0.2, 0.25) is 0 Å². The van der Waals surface area contributed by atoms with Gasteiger partial charge in [-0.05, 0) is 31.8 Å². The summed E-state index contributed by atoms with van der Waals surface area (Å²) in [6.45, 7) is 2.41. The van der Waals surface area contributed by atoms with Crippen LogP contribution in [-0.4, -0.2) is 80.8 Å². The second-order valence-electron chi connectivity index (χ2n) is 6.98. The first-order valence-corrected chi connectivity index (χ1v) is 10.0. The molecule has 0 spiro atoms. The molecule has 0 radical (unpaired) electrons. The zero-order valence-electron chi connectivity index (χ0n) is 14.3. The summed E-state index contributed by atoms with van der Waals surface area (Å²) < 4.78 is 30.3. The first-order chi connectivity index (χ1) is 11.4. The van der Waals surface area contributed by atoms with E-state index >= 15 is 0 Å². The fraction of sp³-hybridized carbons (Fsp3) is 0.647. The fourth-order valence-electron chi connectivity index (χ4n) is 3.93. The summed E-state index contributed by atoms with van der Waals surface area (Å²) in [6, 6.07) is 7.90. The van der Waals surface area contributed by atoms with Gasteiger partial charge in [0.05, 0.1) is 17.6 Å². The van der Waals surface area contributed by atoms with Gasteiger partial charge in [-0.15, -0.1) is 0 Å². The average molecular weight is 354 g/mol. The molecule has 3 atom stereocenters. The molecule has 2 aliphatic heterocycles. The number of ether oxygens (including phenoxy) is 1. The van der Waals surface area contributed by atoms with Crippen molar-refractivity contribution in [2.45, 2.75) is 17.8 Å². The Morgan fingerprint density at radius 3 is 2.83 bits per heavy atom. The minimum atomic E-state index is -3.00. The largest absolute Gasteiger partial charge is 0.491 e. The van der Waals surface area contributed by atoms with Gasteiger partial charge in [0.25, 0.3) is 0 Å². The maximum atomic E-state index is 12.4.